The average Bonchev–Trinajstić information content (AvgIpc) is 3.77. The molecular formula is C32H55N8O3SV-. The minimum absolute atomic E-state index is 0. The van der Waals surface area contributed by atoms with Gasteiger partial charge in [0.1, 0.15) is 0 Å². The van der Waals surface area contributed by atoms with Crippen molar-refractivity contribution in [3.05, 3.63) is 0 Å². The van der Waals surface area contributed by atoms with Gasteiger partial charge in [-0.2, -0.15) is 0 Å². The predicted octanol–water partition coefficient (Wildman–Crippen LogP) is 1.82. The summed E-state index contributed by atoms with van der Waals surface area (Å²) in [6.45, 7) is 0. The Hall–Kier alpha value is 0.174. The number of hydrogen-bond acceptors (Lipinski definition) is 12. The van der Waals surface area contributed by atoms with Crippen LogP contribution in [0, 0.1) is 47.3 Å². The van der Waals surface area contributed by atoms with E-state index in [1.54, 1.807) is 0 Å². The maximum atomic E-state index is 11.8. The molecule has 4 saturated carbocycles. The third kappa shape index (κ3) is 5.92. The van der Waals surface area contributed by atoms with Crippen molar-refractivity contribution in [2.75, 3.05) is 0 Å². The SMILES string of the molecule is O=[S-](=O)OC1CCCC2C3NC4NC(NC5NC(NC6NC(NC(N3)C12)C1CCCCC61)C1CCCCC51)C1CCCCC41.[V]. The van der Waals surface area contributed by atoms with Crippen molar-refractivity contribution in [2.45, 2.75) is 152 Å². The van der Waals surface area contributed by atoms with Crippen LogP contribution in [0.1, 0.15) is 96.3 Å². The van der Waals surface area contributed by atoms with Crippen LogP contribution in [0.4, 0.5) is 0 Å². The van der Waals surface area contributed by atoms with Crippen LogP contribution in [0.15, 0.2) is 0 Å². The summed E-state index contributed by atoms with van der Waals surface area (Å²) < 4.78 is 29.3. The number of fused-ring (bicyclic) bond motifs is 20. The number of rotatable bonds is 2. The number of hydrogen-bond donors (Lipinski definition) is 8. The van der Waals surface area contributed by atoms with Gasteiger partial charge in [-0.1, -0.05) is 44.9 Å². The molecule has 0 aromatic carbocycles. The molecule has 5 saturated heterocycles. The Morgan fingerprint density at radius 2 is 0.667 bits per heavy atom. The second-order valence-electron chi connectivity index (χ2n) is 16.0. The van der Waals surface area contributed by atoms with Crippen molar-refractivity contribution >= 4 is 11.0 Å². The topological polar surface area (TPSA) is 140 Å². The summed E-state index contributed by atoms with van der Waals surface area (Å²) in [5.41, 5.74) is 0. The summed E-state index contributed by atoms with van der Waals surface area (Å²) in [5, 5.41) is 32.9. The largest absolute Gasteiger partial charge is 0.421 e. The second kappa shape index (κ2) is 13.5. The Morgan fingerprint density at radius 3 is 1.00 bits per heavy atom. The van der Waals surface area contributed by atoms with Crippen molar-refractivity contribution in [3.8, 4) is 0 Å². The third-order valence-electron chi connectivity index (χ3n) is 14.0. The molecule has 0 amide bonds. The fraction of sp³-hybridized carbons (Fsp3) is 1.00. The molecule has 17 unspecified atom stereocenters. The van der Waals surface area contributed by atoms with Gasteiger partial charge in [-0.3, -0.25) is 42.5 Å². The van der Waals surface area contributed by atoms with Crippen LogP contribution in [0.25, 0.3) is 0 Å². The summed E-state index contributed by atoms with van der Waals surface area (Å²) >= 11 is 0. The van der Waals surface area contributed by atoms with Crippen LogP contribution < -0.4 is 42.5 Å². The van der Waals surface area contributed by atoms with E-state index in [2.05, 4.69) is 42.5 Å². The summed E-state index contributed by atoms with van der Waals surface area (Å²) in [7, 11) is -2.51. The molecule has 5 aliphatic heterocycles. The second-order valence-corrected chi connectivity index (χ2v) is 16.6. The zero-order valence-electron chi connectivity index (χ0n) is 26.5. The molecule has 45 heavy (non-hydrogen) atoms. The van der Waals surface area contributed by atoms with Gasteiger partial charge in [0, 0.05) is 30.6 Å². The summed E-state index contributed by atoms with van der Waals surface area (Å²) in [4.78, 5) is 0. The van der Waals surface area contributed by atoms with E-state index in [4.69, 9.17) is 4.18 Å². The Kier molecular flexibility index (Phi) is 9.70. The molecule has 8 bridgehead atoms. The van der Waals surface area contributed by atoms with E-state index in [9.17, 15) is 8.42 Å². The van der Waals surface area contributed by atoms with Gasteiger partial charge in [0.2, 0.25) is 0 Å². The van der Waals surface area contributed by atoms with Crippen LogP contribution in [-0.4, -0.2) is 55.4 Å². The molecule has 253 valence electrons. The molecule has 1 radical (unpaired) electrons. The standard InChI is InChI=1S/C32H55N8O3S.V/c41-44(42)43-23-15-7-14-22-24(23)32-39-30-21-13-6-5-12-20(21)28(37-30)35-26-17-9-2-1-8-16(17)25(33-26)34-27-18-10-3-4-11-19(18)29(36-27)38-31(22)40-32;/h16-40H,1-15H2;/q-1;. The van der Waals surface area contributed by atoms with Gasteiger partial charge < -0.3 is 12.6 Å². The maximum Gasteiger partial charge on any atom is 0.0653 e. The van der Waals surface area contributed by atoms with Crippen LogP contribution in [-0.2, 0) is 42.1 Å². The Labute approximate surface area is 282 Å². The first-order valence-electron chi connectivity index (χ1n) is 18.5. The van der Waals surface area contributed by atoms with Gasteiger partial charge in [0.15, 0.2) is 0 Å². The van der Waals surface area contributed by atoms with Crippen molar-refractivity contribution in [2.24, 2.45) is 47.3 Å². The normalized spacial score (nSPS) is 54.0. The van der Waals surface area contributed by atoms with Crippen LogP contribution >= 0.6 is 0 Å². The van der Waals surface area contributed by atoms with E-state index in [0.717, 1.165) is 19.3 Å². The molecule has 0 aromatic rings. The van der Waals surface area contributed by atoms with Gasteiger partial charge in [-0.15, -0.1) is 0 Å². The molecular weight excluding hydrogens is 627 g/mol. The predicted molar refractivity (Wildman–Crippen MR) is 166 cm³/mol. The molecule has 0 spiro atoms. The Balaban J connectivity index is 0.00000300. The van der Waals surface area contributed by atoms with E-state index in [0.29, 0.717) is 59.9 Å². The molecule has 9 aliphatic rings. The fourth-order valence-corrected chi connectivity index (χ4v) is 12.6. The summed E-state index contributed by atoms with van der Waals surface area (Å²) in [5.74, 6) is 4.16. The average molecular weight is 683 g/mol. The molecule has 0 aromatic heterocycles. The van der Waals surface area contributed by atoms with Crippen LogP contribution in [0.3, 0.4) is 0 Å². The summed E-state index contributed by atoms with van der Waals surface area (Å²) in [6, 6.07) is 0. The Bertz CT molecular complexity index is 1130. The van der Waals surface area contributed by atoms with E-state index in [1.807, 2.05) is 0 Å². The molecule has 17 atom stereocenters. The van der Waals surface area contributed by atoms with Crippen LogP contribution in [0.5, 0.6) is 0 Å². The van der Waals surface area contributed by atoms with Gasteiger partial charge in [0.05, 0.1) is 60.3 Å². The minimum atomic E-state index is -2.51. The van der Waals surface area contributed by atoms with Gasteiger partial charge in [0.25, 0.3) is 0 Å². The van der Waals surface area contributed by atoms with E-state index in [1.165, 1.54) is 77.0 Å². The molecule has 4 aliphatic carbocycles. The Morgan fingerprint density at radius 1 is 0.378 bits per heavy atom. The first-order valence-corrected chi connectivity index (χ1v) is 19.5. The quantitative estimate of drug-likeness (QED) is 0.203. The zero-order valence-corrected chi connectivity index (χ0v) is 28.7. The molecule has 11 nitrogen and oxygen atoms in total. The van der Waals surface area contributed by atoms with Crippen molar-refractivity contribution in [3.63, 3.8) is 0 Å². The van der Waals surface area contributed by atoms with Crippen molar-refractivity contribution in [1.82, 2.24) is 42.5 Å². The van der Waals surface area contributed by atoms with Gasteiger partial charge in [-0.05, 0) is 92.8 Å². The monoisotopic (exact) mass is 682 g/mol. The maximum absolute atomic E-state index is 11.8. The van der Waals surface area contributed by atoms with E-state index >= 15 is 0 Å². The summed E-state index contributed by atoms with van der Waals surface area (Å²) in [6.07, 6.45) is 20.0. The molecule has 9 rings (SSSR count). The van der Waals surface area contributed by atoms with Crippen molar-refractivity contribution in [1.29, 1.82) is 0 Å². The zero-order chi connectivity index (χ0) is 29.4. The van der Waals surface area contributed by atoms with Crippen LogP contribution in [0.2, 0.25) is 0 Å². The fourth-order valence-electron chi connectivity index (χ4n) is 12.2. The third-order valence-corrected chi connectivity index (χ3v) is 14.4. The molecule has 8 N–H and O–H groups in total. The molecule has 5 heterocycles. The smallest absolute Gasteiger partial charge is 0.0653 e. The molecule has 9 fully saturated rings. The first kappa shape index (κ1) is 32.4. The number of nitrogens with one attached hydrogen (secondary N) is 8. The van der Waals surface area contributed by atoms with Gasteiger partial charge >= 0.3 is 0 Å². The van der Waals surface area contributed by atoms with Gasteiger partial charge in [-0.25, -0.2) is 0 Å². The van der Waals surface area contributed by atoms with Crippen molar-refractivity contribution < 1.29 is 31.2 Å². The molecule has 13 heteroatoms. The van der Waals surface area contributed by atoms with E-state index < -0.39 is 11.0 Å². The first-order chi connectivity index (χ1) is 21.6. The minimum Gasteiger partial charge on any atom is -0.421 e. The van der Waals surface area contributed by atoms with E-state index in [-0.39, 0.29) is 61.4 Å².